The fraction of sp³-hybridized carbons (Fsp3) is 0.778. The minimum absolute atomic E-state index is 0.00834. The maximum absolute atomic E-state index is 14.4. The average Bonchev–Trinajstić information content (AvgIpc) is 2.79. The van der Waals surface area contributed by atoms with Crippen molar-refractivity contribution in [3.8, 4) is 0 Å². The molecule has 30 heavy (non-hydrogen) atoms. The summed E-state index contributed by atoms with van der Waals surface area (Å²) in [5.41, 5.74) is 0.875. The van der Waals surface area contributed by atoms with Crippen LogP contribution < -0.4 is 0 Å². The van der Waals surface area contributed by atoms with Crippen LogP contribution in [0.5, 0.6) is 0 Å². The van der Waals surface area contributed by atoms with E-state index in [1.165, 1.54) is 64.2 Å². The van der Waals surface area contributed by atoms with Crippen molar-refractivity contribution in [3.05, 3.63) is 34.9 Å². The molecule has 3 fully saturated rings. The molecule has 1 heterocycles. The molecule has 1 nitrogen and oxygen atoms in total. The van der Waals surface area contributed by atoms with Gasteiger partial charge < -0.3 is 4.74 Å². The van der Waals surface area contributed by atoms with Gasteiger partial charge in [-0.3, -0.25) is 0 Å². The smallest absolute Gasteiger partial charge is 0.162 e. The second-order valence-electron chi connectivity index (χ2n) is 10.5. The van der Waals surface area contributed by atoms with E-state index < -0.39 is 11.6 Å². The molecule has 168 valence electrons. The number of benzene rings is 1. The maximum Gasteiger partial charge on any atom is 0.162 e. The fourth-order valence-corrected chi connectivity index (χ4v) is 6.71. The standard InChI is InChI=1S/C27H40F2O/c1-3-4-19-6-8-20(9-7-19)21-10-12-22(13-11-21)25-16-14-23(17-30-25)24-15-5-18(2)26(28)27(24)29/h5,15,19-23,25H,3-4,6-14,16-17H2,1-2H3. The summed E-state index contributed by atoms with van der Waals surface area (Å²) in [5, 5.41) is 0. The van der Waals surface area contributed by atoms with Crippen molar-refractivity contribution in [2.45, 2.75) is 103 Å². The monoisotopic (exact) mass is 418 g/mol. The summed E-state index contributed by atoms with van der Waals surface area (Å²) in [6, 6.07) is 3.44. The highest BCUT2D eigenvalue weighted by Gasteiger charge is 2.36. The Kier molecular flexibility index (Phi) is 7.49. The summed E-state index contributed by atoms with van der Waals surface area (Å²) in [6.45, 7) is 4.46. The molecule has 0 spiro atoms. The van der Waals surface area contributed by atoms with Gasteiger partial charge in [-0.1, -0.05) is 44.7 Å². The van der Waals surface area contributed by atoms with E-state index in [0.717, 1.165) is 30.6 Å². The molecule has 2 unspecified atom stereocenters. The van der Waals surface area contributed by atoms with E-state index in [2.05, 4.69) is 6.92 Å². The molecule has 1 aromatic carbocycles. The summed E-state index contributed by atoms with van der Waals surface area (Å²) in [6.07, 6.45) is 16.1. The Morgan fingerprint density at radius 1 is 0.800 bits per heavy atom. The van der Waals surface area contributed by atoms with Crippen molar-refractivity contribution >= 4 is 0 Å². The van der Waals surface area contributed by atoms with Crippen LogP contribution in [0.1, 0.15) is 101 Å². The van der Waals surface area contributed by atoms with Crippen LogP contribution in [0, 0.1) is 42.2 Å². The first-order chi connectivity index (χ1) is 14.6. The quantitative estimate of drug-likeness (QED) is 0.471. The van der Waals surface area contributed by atoms with Crippen LogP contribution in [0.3, 0.4) is 0 Å². The Balaban J connectivity index is 1.23. The molecule has 0 aromatic heterocycles. The van der Waals surface area contributed by atoms with Crippen molar-refractivity contribution in [3.63, 3.8) is 0 Å². The Morgan fingerprint density at radius 3 is 2.03 bits per heavy atom. The fourth-order valence-electron chi connectivity index (χ4n) is 6.71. The molecule has 0 bridgehead atoms. The van der Waals surface area contributed by atoms with Crippen molar-refractivity contribution in [1.82, 2.24) is 0 Å². The van der Waals surface area contributed by atoms with E-state index >= 15 is 0 Å². The lowest BCUT2D eigenvalue weighted by Gasteiger charge is -2.41. The van der Waals surface area contributed by atoms with Gasteiger partial charge in [-0.05, 0) is 93.1 Å². The highest BCUT2D eigenvalue weighted by molar-refractivity contribution is 5.28. The van der Waals surface area contributed by atoms with E-state index in [0.29, 0.717) is 29.8 Å². The number of hydrogen-bond donors (Lipinski definition) is 0. The van der Waals surface area contributed by atoms with Gasteiger partial charge >= 0.3 is 0 Å². The van der Waals surface area contributed by atoms with Gasteiger partial charge in [-0.2, -0.15) is 0 Å². The Bertz CT molecular complexity index is 678. The predicted octanol–water partition coefficient (Wildman–Crippen LogP) is 7.95. The number of rotatable bonds is 5. The molecule has 0 radical (unpaired) electrons. The highest BCUT2D eigenvalue weighted by Crippen LogP contribution is 2.44. The lowest BCUT2D eigenvalue weighted by molar-refractivity contribution is -0.0469. The number of ether oxygens (including phenoxy) is 1. The van der Waals surface area contributed by atoms with Crippen LogP contribution in [-0.4, -0.2) is 12.7 Å². The van der Waals surface area contributed by atoms with E-state index in [1.54, 1.807) is 19.1 Å². The van der Waals surface area contributed by atoms with Gasteiger partial charge in [0.15, 0.2) is 11.6 Å². The normalized spacial score (nSPS) is 35.3. The zero-order valence-corrected chi connectivity index (χ0v) is 19.0. The van der Waals surface area contributed by atoms with Gasteiger partial charge in [0.05, 0.1) is 12.7 Å². The minimum atomic E-state index is -0.698. The molecule has 2 aliphatic carbocycles. The minimum Gasteiger partial charge on any atom is -0.377 e. The van der Waals surface area contributed by atoms with E-state index in [4.69, 9.17) is 4.74 Å². The Morgan fingerprint density at radius 2 is 1.43 bits per heavy atom. The van der Waals surface area contributed by atoms with Crippen LogP contribution in [-0.2, 0) is 4.74 Å². The van der Waals surface area contributed by atoms with E-state index in [9.17, 15) is 8.78 Å². The zero-order chi connectivity index (χ0) is 21.1. The molecular weight excluding hydrogens is 378 g/mol. The first-order valence-electron chi connectivity index (χ1n) is 12.6. The number of halogens is 2. The Hall–Kier alpha value is -0.960. The molecule has 1 aliphatic heterocycles. The molecule has 4 rings (SSSR count). The molecule has 2 atom stereocenters. The summed E-state index contributed by atoms with van der Waals surface area (Å²) < 4.78 is 34.5. The van der Waals surface area contributed by atoms with Crippen LogP contribution >= 0.6 is 0 Å². The van der Waals surface area contributed by atoms with Gasteiger partial charge in [-0.25, -0.2) is 8.78 Å². The topological polar surface area (TPSA) is 9.23 Å². The van der Waals surface area contributed by atoms with Crippen LogP contribution in [0.2, 0.25) is 0 Å². The van der Waals surface area contributed by atoms with Crippen LogP contribution in [0.4, 0.5) is 8.78 Å². The lowest BCUT2D eigenvalue weighted by Crippen LogP contribution is -2.35. The Labute approximate surface area is 182 Å². The molecular formula is C27H40F2O. The maximum atomic E-state index is 14.4. The molecule has 0 N–H and O–H groups in total. The van der Waals surface area contributed by atoms with Crippen molar-refractivity contribution in [2.24, 2.45) is 23.7 Å². The molecule has 0 amide bonds. The van der Waals surface area contributed by atoms with Crippen LogP contribution in [0.15, 0.2) is 12.1 Å². The second-order valence-corrected chi connectivity index (χ2v) is 10.5. The molecule has 1 aromatic rings. The van der Waals surface area contributed by atoms with Gasteiger partial charge in [-0.15, -0.1) is 0 Å². The third-order valence-electron chi connectivity index (χ3n) is 8.65. The van der Waals surface area contributed by atoms with E-state index in [1.807, 2.05) is 0 Å². The first-order valence-corrected chi connectivity index (χ1v) is 12.6. The third-order valence-corrected chi connectivity index (χ3v) is 8.65. The largest absolute Gasteiger partial charge is 0.377 e. The number of hydrogen-bond acceptors (Lipinski definition) is 1. The second kappa shape index (κ2) is 10.1. The molecule has 2 saturated carbocycles. The third kappa shape index (κ3) is 4.92. The van der Waals surface area contributed by atoms with Crippen molar-refractivity contribution in [2.75, 3.05) is 6.61 Å². The van der Waals surface area contributed by atoms with Gasteiger partial charge in [0.1, 0.15) is 0 Å². The van der Waals surface area contributed by atoms with Crippen molar-refractivity contribution < 1.29 is 13.5 Å². The van der Waals surface area contributed by atoms with Gasteiger partial charge in [0.25, 0.3) is 0 Å². The predicted molar refractivity (Wildman–Crippen MR) is 119 cm³/mol. The molecule has 1 saturated heterocycles. The molecule has 3 aliphatic rings. The lowest BCUT2D eigenvalue weighted by atomic mass is 9.67. The summed E-state index contributed by atoms with van der Waals surface area (Å²) in [5.74, 6) is 2.19. The van der Waals surface area contributed by atoms with Crippen LogP contribution in [0.25, 0.3) is 0 Å². The number of aryl methyl sites for hydroxylation is 1. The SMILES string of the molecule is CCCC1CCC(C2CCC(C3CCC(c4ccc(C)c(F)c4F)CO3)CC2)CC1. The first kappa shape index (κ1) is 22.2. The van der Waals surface area contributed by atoms with Gasteiger partial charge in [0.2, 0.25) is 0 Å². The van der Waals surface area contributed by atoms with Crippen molar-refractivity contribution in [1.29, 1.82) is 0 Å². The average molecular weight is 419 g/mol. The zero-order valence-electron chi connectivity index (χ0n) is 19.0. The van der Waals surface area contributed by atoms with Gasteiger partial charge in [0, 0.05) is 5.92 Å². The van der Waals surface area contributed by atoms with E-state index in [-0.39, 0.29) is 5.92 Å². The summed E-state index contributed by atoms with van der Waals surface area (Å²) in [4.78, 5) is 0. The highest BCUT2D eigenvalue weighted by atomic mass is 19.2. The summed E-state index contributed by atoms with van der Waals surface area (Å²) in [7, 11) is 0. The summed E-state index contributed by atoms with van der Waals surface area (Å²) >= 11 is 0. The molecule has 3 heteroatoms.